The quantitative estimate of drug-likeness (QED) is 0.735. The van der Waals surface area contributed by atoms with Crippen molar-refractivity contribution in [3.63, 3.8) is 0 Å². The van der Waals surface area contributed by atoms with Crippen LogP contribution in [-0.4, -0.2) is 42.9 Å². The molecule has 8 heteroatoms. The van der Waals surface area contributed by atoms with Gasteiger partial charge in [0.25, 0.3) is 5.91 Å². The zero-order valence-corrected chi connectivity index (χ0v) is 15.3. The van der Waals surface area contributed by atoms with Crippen LogP contribution in [0.15, 0.2) is 48.5 Å². The Morgan fingerprint density at radius 2 is 1.78 bits per heavy atom. The first-order valence-corrected chi connectivity index (χ1v) is 8.41. The third-order valence-corrected chi connectivity index (χ3v) is 3.95. The molecular weight excluding hydrogens is 375 g/mol. The van der Waals surface area contributed by atoms with Gasteiger partial charge in [-0.05, 0) is 35.9 Å². The molecule has 0 bridgehead atoms. The molecule has 0 aliphatic carbocycles. The minimum atomic E-state index is -0.597. The molecule has 6 nitrogen and oxygen atoms in total. The minimum absolute atomic E-state index is 0.0538. The molecule has 0 radical (unpaired) electrons. The molecule has 0 aliphatic heterocycles. The molecule has 142 valence electrons. The molecule has 0 saturated heterocycles. The summed E-state index contributed by atoms with van der Waals surface area (Å²) < 4.78 is 17.8. The van der Waals surface area contributed by atoms with E-state index in [1.165, 1.54) is 31.3 Å². The fourth-order valence-corrected chi connectivity index (χ4v) is 2.34. The average Bonchev–Trinajstić information content (AvgIpc) is 2.63. The molecule has 0 spiro atoms. The Labute approximate surface area is 160 Å². The van der Waals surface area contributed by atoms with Gasteiger partial charge in [0.2, 0.25) is 5.91 Å². The number of hydrogen-bond acceptors (Lipinski definition) is 4. The number of esters is 1. The molecule has 2 aromatic carbocycles. The van der Waals surface area contributed by atoms with Gasteiger partial charge in [-0.3, -0.25) is 14.4 Å². The van der Waals surface area contributed by atoms with Crippen LogP contribution in [0.3, 0.4) is 0 Å². The molecule has 0 aliphatic rings. The number of benzene rings is 2. The normalized spacial score (nSPS) is 10.2. The second-order valence-electron chi connectivity index (χ2n) is 5.73. The highest BCUT2D eigenvalue weighted by Crippen LogP contribution is 2.15. The fourth-order valence-electron chi connectivity index (χ4n) is 2.14. The molecule has 0 unspecified atom stereocenters. The van der Waals surface area contributed by atoms with E-state index in [9.17, 15) is 18.8 Å². The van der Waals surface area contributed by atoms with Gasteiger partial charge in [0.15, 0.2) is 6.61 Å². The molecule has 0 saturated carbocycles. The molecule has 0 aromatic heterocycles. The van der Waals surface area contributed by atoms with E-state index in [0.717, 1.165) is 4.90 Å². The number of ether oxygens (including phenoxy) is 1. The summed E-state index contributed by atoms with van der Waals surface area (Å²) >= 11 is 5.97. The lowest BCUT2D eigenvalue weighted by Crippen LogP contribution is -2.37. The van der Waals surface area contributed by atoms with Gasteiger partial charge in [-0.15, -0.1) is 0 Å². The van der Waals surface area contributed by atoms with Crippen molar-refractivity contribution in [1.29, 1.82) is 0 Å². The van der Waals surface area contributed by atoms with E-state index in [0.29, 0.717) is 16.3 Å². The number of rotatable bonds is 7. The Bertz CT molecular complexity index is 827. The van der Waals surface area contributed by atoms with E-state index in [1.807, 2.05) is 0 Å². The lowest BCUT2D eigenvalue weighted by Gasteiger charge is -2.17. The van der Waals surface area contributed by atoms with Crippen LogP contribution >= 0.6 is 11.6 Å². The Hall–Kier alpha value is -2.93. The summed E-state index contributed by atoms with van der Waals surface area (Å²) in [5.41, 5.74) is 1.01. The van der Waals surface area contributed by atoms with E-state index in [4.69, 9.17) is 16.3 Å². The maximum absolute atomic E-state index is 12.8. The van der Waals surface area contributed by atoms with Crippen LogP contribution in [0.25, 0.3) is 0 Å². The van der Waals surface area contributed by atoms with Crippen LogP contribution in [0.4, 0.5) is 10.1 Å². The van der Waals surface area contributed by atoms with Crippen molar-refractivity contribution in [2.24, 2.45) is 0 Å². The number of likely N-dealkylation sites (N-methyl/N-ethyl adjacent to an activating group) is 1. The lowest BCUT2D eigenvalue weighted by atomic mass is 10.1. The zero-order chi connectivity index (χ0) is 19.8. The van der Waals surface area contributed by atoms with Crippen molar-refractivity contribution < 1.29 is 23.5 Å². The second kappa shape index (κ2) is 9.68. The third-order valence-electron chi connectivity index (χ3n) is 3.58. The number of anilines is 1. The number of hydrogen-bond donors (Lipinski definition) is 1. The zero-order valence-electron chi connectivity index (χ0n) is 14.6. The molecule has 2 amide bonds. The topological polar surface area (TPSA) is 75.7 Å². The summed E-state index contributed by atoms with van der Waals surface area (Å²) in [6, 6.07) is 12.1. The van der Waals surface area contributed by atoms with Gasteiger partial charge in [-0.25, -0.2) is 4.39 Å². The minimum Gasteiger partial charge on any atom is -0.455 e. The second-order valence-corrected chi connectivity index (χ2v) is 6.14. The first-order chi connectivity index (χ1) is 12.8. The number of nitrogens with one attached hydrogen (secondary N) is 1. The Kier molecular flexibility index (Phi) is 7.31. The van der Waals surface area contributed by atoms with Crippen molar-refractivity contribution in [3.8, 4) is 0 Å². The molecule has 27 heavy (non-hydrogen) atoms. The van der Waals surface area contributed by atoms with E-state index in [1.54, 1.807) is 24.3 Å². The first kappa shape index (κ1) is 20.4. The van der Waals surface area contributed by atoms with Gasteiger partial charge in [0.05, 0.1) is 13.0 Å². The Morgan fingerprint density at radius 3 is 2.44 bits per heavy atom. The molecular formula is C19H18ClFN2O4. The van der Waals surface area contributed by atoms with Crippen LogP contribution in [0.1, 0.15) is 5.56 Å². The molecule has 1 N–H and O–H groups in total. The van der Waals surface area contributed by atoms with E-state index >= 15 is 0 Å². The molecule has 2 aromatic rings. The smallest absolute Gasteiger partial charge is 0.310 e. The van der Waals surface area contributed by atoms with Gasteiger partial charge in [0, 0.05) is 17.8 Å². The number of carbonyl (C=O) groups is 3. The number of nitrogens with zero attached hydrogens (tertiary/aromatic N) is 1. The predicted molar refractivity (Wildman–Crippen MR) is 98.8 cm³/mol. The summed E-state index contributed by atoms with van der Waals surface area (Å²) in [4.78, 5) is 36.8. The molecule has 0 heterocycles. The number of carbonyl (C=O) groups excluding carboxylic acids is 3. The van der Waals surface area contributed by atoms with Crippen LogP contribution in [-0.2, 0) is 25.5 Å². The summed E-state index contributed by atoms with van der Waals surface area (Å²) in [5, 5.41) is 2.98. The van der Waals surface area contributed by atoms with Gasteiger partial charge < -0.3 is 15.0 Å². The van der Waals surface area contributed by atoms with Crippen LogP contribution in [0, 0.1) is 5.82 Å². The van der Waals surface area contributed by atoms with Crippen molar-refractivity contribution in [2.75, 3.05) is 25.5 Å². The van der Waals surface area contributed by atoms with E-state index in [2.05, 4.69) is 5.32 Å². The number of amides is 2. The highest BCUT2D eigenvalue weighted by atomic mass is 35.5. The molecule has 0 atom stereocenters. The molecule has 0 fully saturated rings. The van der Waals surface area contributed by atoms with Gasteiger partial charge in [0.1, 0.15) is 5.82 Å². The number of halogens is 2. The Balaban J connectivity index is 1.76. The van der Waals surface area contributed by atoms with Crippen molar-refractivity contribution >= 4 is 35.1 Å². The van der Waals surface area contributed by atoms with Crippen molar-refractivity contribution in [2.45, 2.75) is 6.42 Å². The fraction of sp³-hybridized carbons (Fsp3) is 0.211. The highest BCUT2D eigenvalue weighted by Gasteiger charge is 2.16. The van der Waals surface area contributed by atoms with Gasteiger partial charge >= 0.3 is 5.97 Å². The third kappa shape index (κ3) is 6.71. The van der Waals surface area contributed by atoms with Crippen LogP contribution < -0.4 is 5.32 Å². The predicted octanol–water partition coefficient (Wildman–Crippen LogP) is 2.66. The van der Waals surface area contributed by atoms with Crippen molar-refractivity contribution in [1.82, 2.24) is 4.90 Å². The molecule has 2 rings (SSSR count). The maximum Gasteiger partial charge on any atom is 0.310 e. The monoisotopic (exact) mass is 392 g/mol. The first-order valence-electron chi connectivity index (χ1n) is 8.03. The van der Waals surface area contributed by atoms with Crippen LogP contribution in [0.5, 0.6) is 0 Å². The average molecular weight is 393 g/mol. The largest absolute Gasteiger partial charge is 0.455 e. The lowest BCUT2D eigenvalue weighted by molar-refractivity contribution is -0.151. The van der Waals surface area contributed by atoms with E-state index in [-0.39, 0.29) is 13.0 Å². The SMILES string of the molecule is CN(CC(=O)Nc1ccc(F)cc1)C(=O)COC(=O)Cc1ccccc1Cl. The van der Waals surface area contributed by atoms with Crippen molar-refractivity contribution in [3.05, 3.63) is 64.9 Å². The van der Waals surface area contributed by atoms with E-state index < -0.39 is 30.2 Å². The standard InChI is InChI=1S/C19H18ClFN2O4/c1-23(11-17(24)22-15-8-6-14(21)7-9-15)18(25)12-27-19(26)10-13-4-2-3-5-16(13)20/h2-9H,10-12H2,1H3,(H,22,24). The summed E-state index contributed by atoms with van der Waals surface area (Å²) in [7, 11) is 1.41. The van der Waals surface area contributed by atoms with Crippen LogP contribution in [0.2, 0.25) is 5.02 Å². The van der Waals surface area contributed by atoms with Gasteiger partial charge in [-0.2, -0.15) is 0 Å². The Morgan fingerprint density at radius 1 is 1.11 bits per heavy atom. The maximum atomic E-state index is 12.8. The summed E-state index contributed by atoms with van der Waals surface area (Å²) in [5.74, 6) is -2.00. The summed E-state index contributed by atoms with van der Waals surface area (Å²) in [6.45, 7) is -0.720. The van der Waals surface area contributed by atoms with Gasteiger partial charge in [-0.1, -0.05) is 29.8 Å². The highest BCUT2D eigenvalue weighted by molar-refractivity contribution is 6.31. The summed E-state index contributed by atoms with van der Waals surface area (Å²) in [6.07, 6.45) is -0.0538.